The van der Waals surface area contributed by atoms with Crippen molar-refractivity contribution in [3.05, 3.63) is 162 Å². The molecule has 0 radical (unpaired) electrons. The normalized spacial score (nSPS) is 20.6. The fourth-order valence-corrected chi connectivity index (χ4v) is 9.77. The number of aromatic nitrogens is 5. The van der Waals surface area contributed by atoms with Crippen LogP contribution in [-0.4, -0.2) is 60.7 Å². The molecule has 0 saturated heterocycles. The van der Waals surface area contributed by atoms with Crippen molar-refractivity contribution < 1.29 is 42.1 Å². The summed E-state index contributed by atoms with van der Waals surface area (Å²) in [4.78, 5) is 77.4. The number of ether oxygens (including phenoxy) is 3. The average Bonchev–Trinajstić information content (AvgIpc) is 3.52. The topological polar surface area (TPSA) is 166 Å². The van der Waals surface area contributed by atoms with E-state index in [1.54, 1.807) is 85.9 Å². The van der Waals surface area contributed by atoms with E-state index in [1.165, 1.54) is 34.2 Å². The zero-order valence-electron chi connectivity index (χ0n) is 34.0. The summed E-state index contributed by atoms with van der Waals surface area (Å²) in [6.45, 7) is -0.492. The maximum absolute atomic E-state index is 15.2. The molecule has 14 nitrogen and oxygen atoms in total. The van der Waals surface area contributed by atoms with Gasteiger partial charge in [-0.05, 0) is 47.4 Å². The van der Waals surface area contributed by atoms with Gasteiger partial charge in [-0.3, -0.25) is 14.4 Å². The Morgan fingerprint density at radius 3 is 2.24 bits per heavy atom. The van der Waals surface area contributed by atoms with Gasteiger partial charge >= 0.3 is 17.7 Å². The number of benzene rings is 4. The van der Waals surface area contributed by atoms with E-state index in [0.717, 1.165) is 22.8 Å². The highest BCUT2D eigenvalue weighted by Crippen LogP contribution is 2.62. The third-order valence-corrected chi connectivity index (χ3v) is 12.5. The van der Waals surface area contributed by atoms with Gasteiger partial charge in [-0.1, -0.05) is 66.7 Å². The third kappa shape index (κ3) is 6.48. The zero-order chi connectivity index (χ0) is 44.5. The monoisotopic (exact) mass is 861 g/mol. The Balaban J connectivity index is 1.21. The smallest absolute Gasteiger partial charge is 0.508 e. The summed E-state index contributed by atoms with van der Waals surface area (Å²) in [6, 6.07) is 21.9. The lowest BCUT2D eigenvalue weighted by molar-refractivity contribution is -0.274. The Bertz CT molecular complexity index is 3110. The molecule has 0 unspecified atom stereocenters. The maximum Gasteiger partial charge on any atom is 0.573 e. The van der Waals surface area contributed by atoms with Crippen molar-refractivity contribution in [2.24, 2.45) is 13.0 Å². The van der Waals surface area contributed by atoms with Crippen LogP contribution in [0.4, 0.5) is 13.2 Å². The molecule has 1 N–H and O–H groups in total. The van der Waals surface area contributed by atoms with Crippen LogP contribution in [0.5, 0.6) is 23.0 Å². The van der Waals surface area contributed by atoms with E-state index in [0.29, 0.717) is 39.2 Å². The molecule has 4 atom stereocenters. The highest BCUT2D eigenvalue weighted by atomic mass is 19.4. The lowest BCUT2D eigenvalue weighted by Gasteiger charge is -2.54. The maximum atomic E-state index is 15.2. The number of fused-ring (bicyclic) bond motifs is 5. The number of rotatable bonds is 9. The number of Topliss-reactive ketones (excluding diaryl/α,β-unsaturated/α-hetero) is 1. The van der Waals surface area contributed by atoms with Crippen molar-refractivity contribution in [3.63, 3.8) is 0 Å². The fourth-order valence-electron chi connectivity index (χ4n) is 9.77. The number of aromatic hydroxyl groups is 1. The number of methoxy groups -OCH3 is 2. The van der Waals surface area contributed by atoms with Crippen molar-refractivity contribution in [3.8, 4) is 23.0 Å². The summed E-state index contributed by atoms with van der Waals surface area (Å²) < 4.78 is 60.9. The van der Waals surface area contributed by atoms with Gasteiger partial charge in [0.25, 0.3) is 5.56 Å². The van der Waals surface area contributed by atoms with Gasteiger partial charge in [-0.2, -0.15) is 0 Å². The number of halogens is 3. The van der Waals surface area contributed by atoms with Gasteiger partial charge in [0.15, 0.2) is 23.1 Å². The number of nitrogens with zero attached hydrogens (tertiary/aromatic N) is 5. The lowest BCUT2D eigenvalue weighted by Crippen LogP contribution is -2.58. The summed E-state index contributed by atoms with van der Waals surface area (Å²) in [5.41, 5.74) is -1.85. The number of aryl methyl sites for hydroxylation is 2. The SMILES string of the molecule is COc1cc2nc(CCn3c(=O)n4n(c3=O)[C@@H]3C[C@H]5C(=O)C(c6ccccc6)=CC(=O)[C@@]5(c5ccccc5)[C@@H](c5cc(OC(F)(F)F)ccc5O)C3=CC4)c(=O)n(C)c2cc1OC. The Labute approximate surface area is 355 Å². The van der Waals surface area contributed by atoms with Crippen LogP contribution < -0.4 is 31.1 Å². The Kier molecular flexibility index (Phi) is 9.87. The van der Waals surface area contributed by atoms with E-state index in [2.05, 4.69) is 9.72 Å². The van der Waals surface area contributed by atoms with Crippen LogP contribution in [0.25, 0.3) is 16.6 Å². The Hall–Kier alpha value is -7.43. The van der Waals surface area contributed by atoms with Gasteiger partial charge in [0.2, 0.25) is 0 Å². The van der Waals surface area contributed by atoms with Gasteiger partial charge in [-0.25, -0.2) is 28.5 Å². The molecule has 1 saturated carbocycles. The van der Waals surface area contributed by atoms with Crippen LogP contribution in [-0.2, 0) is 41.6 Å². The van der Waals surface area contributed by atoms with Gasteiger partial charge in [0.05, 0.1) is 43.3 Å². The largest absolute Gasteiger partial charge is 0.573 e. The number of ketones is 2. The van der Waals surface area contributed by atoms with Gasteiger partial charge in [0.1, 0.15) is 17.2 Å². The standard InChI is InChI=1S/C46H38F3N5O9/c1-51-35-24-38(62-3)37(61-2)23-33(35)50-32(42(51)58)17-18-52-43(59)53-19-16-28-34(54(53)44(52)60)22-31-41(57)29(25-10-6-4-7-11-25)21-39(56)45(31,26-12-8-5-9-13-26)40(28)30-20-27(14-15-36(30)55)63-46(47,48)49/h4-16,20-21,23-24,31,34,40,55H,17-19,22H2,1-3H3/t31-,34+,40+,45-/m0/s1. The number of alkyl halides is 3. The van der Waals surface area contributed by atoms with Crippen LogP contribution in [0.2, 0.25) is 0 Å². The van der Waals surface area contributed by atoms with E-state index >= 15 is 9.59 Å². The number of carbonyl (C=O) groups excluding carboxylic acids is 2. The first kappa shape index (κ1) is 40.9. The molecule has 0 amide bonds. The van der Waals surface area contributed by atoms with Crippen molar-refractivity contribution in [1.82, 2.24) is 23.5 Å². The van der Waals surface area contributed by atoms with E-state index < -0.39 is 69.7 Å². The number of phenolic OH excluding ortho intramolecular Hbond substituents is 1. The molecular weight excluding hydrogens is 824 g/mol. The quantitative estimate of drug-likeness (QED) is 0.187. The first-order valence-corrected chi connectivity index (χ1v) is 19.9. The minimum absolute atomic E-state index is 0.0601. The number of hydrogen-bond acceptors (Lipinski definition) is 10. The van der Waals surface area contributed by atoms with E-state index in [9.17, 15) is 32.7 Å². The third-order valence-electron chi connectivity index (χ3n) is 12.5. The minimum atomic E-state index is -5.11. The van der Waals surface area contributed by atoms with Crippen molar-refractivity contribution >= 4 is 28.2 Å². The predicted molar refractivity (Wildman–Crippen MR) is 222 cm³/mol. The summed E-state index contributed by atoms with van der Waals surface area (Å²) in [6.07, 6.45) is -2.57. The molecule has 1 fully saturated rings. The fraction of sp³-hybridized carbons (Fsp3) is 0.261. The Morgan fingerprint density at radius 1 is 0.873 bits per heavy atom. The lowest BCUT2D eigenvalue weighted by atomic mass is 9.47. The molecule has 2 aromatic heterocycles. The van der Waals surface area contributed by atoms with Crippen molar-refractivity contribution in [2.45, 2.75) is 49.7 Å². The molecule has 322 valence electrons. The van der Waals surface area contributed by atoms with E-state index in [1.807, 2.05) is 0 Å². The predicted octanol–water partition coefficient (Wildman–Crippen LogP) is 5.38. The second-order valence-electron chi connectivity index (χ2n) is 15.6. The van der Waals surface area contributed by atoms with E-state index in [-0.39, 0.29) is 42.8 Å². The molecular formula is C46H38F3N5O9. The summed E-state index contributed by atoms with van der Waals surface area (Å²) in [5, 5.41) is 11.6. The summed E-state index contributed by atoms with van der Waals surface area (Å²) in [5.74, 6) is -4.07. The molecule has 0 bridgehead atoms. The van der Waals surface area contributed by atoms with Gasteiger partial charge in [0, 0.05) is 55.1 Å². The molecule has 6 aromatic rings. The van der Waals surface area contributed by atoms with Crippen LogP contribution in [0.15, 0.2) is 123 Å². The number of hydrogen-bond donors (Lipinski definition) is 1. The zero-order valence-corrected chi connectivity index (χ0v) is 34.0. The summed E-state index contributed by atoms with van der Waals surface area (Å²) >= 11 is 0. The first-order valence-electron chi connectivity index (χ1n) is 19.9. The molecule has 3 aliphatic rings. The minimum Gasteiger partial charge on any atom is -0.508 e. The highest BCUT2D eigenvalue weighted by Gasteiger charge is 2.63. The molecule has 0 spiro atoms. The van der Waals surface area contributed by atoms with Crippen molar-refractivity contribution in [1.29, 1.82) is 0 Å². The molecule has 9 rings (SSSR count). The van der Waals surface area contributed by atoms with E-state index in [4.69, 9.17) is 9.47 Å². The number of phenols is 1. The van der Waals surface area contributed by atoms with Crippen LogP contribution in [0, 0.1) is 5.92 Å². The molecule has 1 aliphatic heterocycles. The van der Waals surface area contributed by atoms with Crippen molar-refractivity contribution in [2.75, 3.05) is 14.2 Å². The molecule has 4 aromatic carbocycles. The molecule has 63 heavy (non-hydrogen) atoms. The highest BCUT2D eigenvalue weighted by molar-refractivity contribution is 6.31. The molecule has 3 heterocycles. The number of carbonyl (C=O) groups is 2. The van der Waals surface area contributed by atoms with Crippen LogP contribution in [0.3, 0.4) is 0 Å². The van der Waals surface area contributed by atoms with Gasteiger partial charge < -0.3 is 23.9 Å². The number of allylic oxidation sites excluding steroid dienone is 4. The average molecular weight is 862 g/mol. The van der Waals surface area contributed by atoms with Crippen LogP contribution >= 0.6 is 0 Å². The first-order chi connectivity index (χ1) is 30.2. The van der Waals surface area contributed by atoms with Crippen LogP contribution in [0.1, 0.15) is 40.8 Å². The molecule has 17 heteroatoms. The van der Waals surface area contributed by atoms with Gasteiger partial charge in [-0.15, -0.1) is 13.2 Å². The molecule has 2 aliphatic carbocycles. The Morgan fingerprint density at radius 2 is 1.56 bits per heavy atom. The second kappa shape index (κ2) is 15.2. The summed E-state index contributed by atoms with van der Waals surface area (Å²) in [7, 11) is 4.48. The second-order valence-corrected chi connectivity index (χ2v) is 15.6.